The maximum atomic E-state index is 8.84. The average molecular weight is 264 g/mol. The number of nitrogen functional groups attached to an aromatic ring is 1. The molecule has 0 bridgehead atoms. The number of nitrogens with two attached hydrogens (primary N) is 1. The number of hydrogen-bond donors (Lipinski definition) is 3. The molecule has 0 radical (unpaired) electrons. The molecule has 0 aliphatic rings. The lowest BCUT2D eigenvalue weighted by atomic mass is 10.2. The van der Waals surface area contributed by atoms with E-state index in [1.54, 1.807) is 0 Å². The molecule has 0 atom stereocenters. The van der Waals surface area contributed by atoms with Crippen LogP contribution in [0.1, 0.15) is 5.56 Å². The topological polar surface area (TPSA) is 58.3 Å². The minimum absolute atomic E-state index is 0.0104. The molecule has 0 aliphatic heterocycles. The third-order valence-electron chi connectivity index (χ3n) is 1.40. The Kier molecular flexibility index (Phi) is 3.10. The van der Waals surface area contributed by atoms with Gasteiger partial charge >= 0.3 is 0 Å². The van der Waals surface area contributed by atoms with Gasteiger partial charge in [0.05, 0.1) is 12.3 Å². The van der Waals surface area contributed by atoms with Gasteiger partial charge in [0.25, 0.3) is 0 Å². The predicted molar refractivity (Wildman–Crippen MR) is 52.9 cm³/mol. The third kappa shape index (κ3) is 2.05. The summed E-state index contributed by atoms with van der Waals surface area (Å²) in [4.78, 5) is 0. The van der Waals surface area contributed by atoms with E-state index >= 15 is 0 Å². The van der Waals surface area contributed by atoms with Crippen molar-refractivity contribution >= 4 is 28.3 Å². The van der Waals surface area contributed by atoms with Crippen molar-refractivity contribution in [3.63, 3.8) is 0 Å². The van der Waals surface area contributed by atoms with Crippen molar-refractivity contribution < 1.29 is 5.11 Å². The van der Waals surface area contributed by atoms with Gasteiger partial charge in [-0.15, -0.1) is 0 Å². The van der Waals surface area contributed by atoms with Crippen LogP contribution in [0.2, 0.25) is 0 Å². The van der Waals surface area contributed by atoms with Crippen molar-refractivity contribution in [2.75, 3.05) is 5.43 Å². The van der Waals surface area contributed by atoms with E-state index < -0.39 is 0 Å². The average Bonchev–Trinajstić information content (AvgIpc) is 2.04. The van der Waals surface area contributed by atoms with E-state index in [0.717, 1.165) is 14.8 Å². The fourth-order valence-electron chi connectivity index (χ4n) is 0.821. The van der Waals surface area contributed by atoms with Crippen molar-refractivity contribution in [3.8, 4) is 0 Å². The van der Waals surface area contributed by atoms with Crippen LogP contribution in [0.4, 0.5) is 5.69 Å². The zero-order valence-corrected chi connectivity index (χ0v) is 8.00. The number of aliphatic hydroxyl groups excluding tert-OH is 1. The zero-order chi connectivity index (χ0) is 8.27. The van der Waals surface area contributed by atoms with Gasteiger partial charge in [0.1, 0.15) is 0 Å². The highest BCUT2D eigenvalue weighted by molar-refractivity contribution is 14.1. The van der Waals surface area contributed by atoms with Crippen molar-refractivity contribution in [2.24, 2.45) is 5.84 Å². The Bertz CT molecular complexity index is 252. The molecular formula is C7H9IN2O. The summed E-state index contributed by atoms with van der Waals surface area (Å²) >= 11 is 2.18. The van der Waals surface area contributed by atoms with Gasteiger partial charge < -0.3 is 10.5 Å². The summed E-state index contributed by atoms with van der Waals surface area (Å²) in [5.74, 6) is 5.23. The van der Waals surface area contributed by atoms with Gasteiger partial charge in [0.2, 0.25) is 0 Å². The van der Waals surface area contributed by atoms with E-state index in [1.165, 1.54) is 0 Å². The van der Waals surface area contributed by atoms with Crippen LogP contribution in [0, 0.1) is 3.57 Å². The van der Waals surface area contributed by atoms with Gasteiger partial charge in [0.15, 0.2) is 0 Å². The number of aliphatic hydroxyl groups is 1. The number of rotatable bonds is 2. The van der Waals surface area contributed by atoms with E-state index in [0.29, 0.717) is 0 Å². The molecule has 0 amide bonds. The van der Waals surface area contributed by atoms with Crippen molar-refractivity contribution in [1.29, 1.82) is 0 Å². The van der Waals surface area contributed by atoms with Crippen molar-refractivity contribution in [2.45, 2.75) is 6.61 Å². The van der Waals surface area contributed by atoms with Crippen LogP contribution in [0.3, 0.4) is 0 Å². The summed E-state index contributed by atoms with van der Waals surface area (Å²) in [7, 11) is 0. The standard InChI is InChI=1S/C7H9IN2O/c8-6-2-1-5(4-11)7(3-6)10-9/h1-3,10-11H,4,9H2. The van der Waals surface area contributed by atoms with Gasteiger partial charge in [-0.25, -0.2) is 0 Å². The quantitative estimate of drug-likeness (QED) is 0.425. The van der Waals surface area contributed by atoms with Crippen LogP contribution < -0.4 is 11.3 Å². The second-order valence-electron chi connectivity index (χ2n) is 2.10. The molecule has 0 aromatic heterocycles. The molecule has 0 unspecified atom stereocenters. The van der Waals surface area contributed by atoms with Gasteiger partial charge in [-0.05, 0) is 34.7 Å². The molecule has 1 aromatic rings. The first-order valence-electron chi connectivity index (χ1n) is 3.14. The summed E-state index contributed by atoms with van der Waals surface area (Å²) in [6.45, 7) is 0.0104. The Morgan fingerprint density at radius 1 is 1.55 bits per heavy atom. The molecule has 11 heavy (non-hydrogen) atoms. The van der Waals surface area contributed by atoms with Crippen LogP contribution in [0.15, 0.2) is 18.2 Å². The molecule has 1 rings (SSSR count). The summed E-state index contributed by atoms with van der Waals surface area (Å²) in [6.07, 6.45) is 0. The highest BCUT2D eigenvalue weighted by atomic mass is 127. The zero-order valence-electron chi connectivity index (χ0n) is 5.84. The van der Waals surface area contributed by atoms with Crippen molar-refractivity contribution in [3.05, 3.63) is 27.3 Å². The molecule has 3 nitrogen and oxygen atoms in total. The van der Waals surface area contributed by atoms with E-state index in [1.807, 2.05) is 18.2 Å². The monoisotopic (exact) mass is 264 g/mol. The highest BCUT2D eigenvalue weighted by Crippen LogP contribution is 2.17. The molecule has 0 fully saturated rings. The van der Waals surface area contributed by atoms with Gasteiger partial charge in [0, 0.05) is 9.13 Å². The molecule has 0 heterocycles. The summed E-state index contributed by atoms with van der Waals surface area (Å²) < 4.78 is 1.09. The maximum Gasteiger partial charge on any atom is 0.0702 e. The fraction of sp³-hybridized carbons (Fsp3) is 0.143. The Morgan fingerprint density at radius 2 is 2.27 bits per heavy atom. The van der Waals surface area contributed by atoms with Crippen LogP contribution in [-0.4, -0.2) is 5.11 Å². The SMILES string of the molecule is NNc1cc(I)ccc1CO. The van der Waals surface area contributed by atoms with Gasteiger partial charge in [-0.1, -0.05) is 6.07 Å². The smallest absolute Gasteiger partial charge is 0.0702 e. The second kappa shape index (κ2) is 3.89. The minimum atomic E-state index is 0.0104. The van der Waals surface area contributed by atoms with Crippen molar-refractivity contribution in [1.82, 2.24) is 0 Å². The maximum absolute atomic E-state index is 8.84. The van der Waals surface area contributed by atoms with Gasteiger partial charge in [-0.2, -0.15) is 0 Å². The number of hydrogen-bond acceptors (Lipinski definition) is 3. The molecule has 0 spiro atoms. The van der Waals surface area contributed by atoms with Gasteiger partial charge in [-0.3, -0.25) is 5.84 Å². The molecule has 4 N–H and O–H groups in total. The Balaban J connectivity index is 3.06. The summed E-state index contributed by atoms with van der Waals surface area (Å²) in [5, 5.41) is 8.84. The van der Waals surface area contributed by atoms with Crippen LogP contribution >= 0.6 is 22.6 Å². The lowest BCUT2D eigenvalue weighted by Crippen LogP contribution is -2.09. The molecule has 60 valence electrons. The number of anilines is 1. The van der Waals surface area contributed by atoms with Crippen LogP contribution in [0.5, 0.6) is 0 Å². The van der Waals surface area contributed by atoms with Crippen LogP contribution in [-0.2, 0) is 6.61 Å². The first kappa shape index (κ1) is 8.76. The first-order valence-corrected chi connectivity index (χ1v) is 4.21. The first-order chi connectivity index (χ1) is 5.27. The Morgan fingerprint density at radius 3 is 2.82 bits per heavy atom. The van der Waals surface area contributed by atoms with E-state index in [-0.39, 0.29) is 6.61 Å². The molecule has 0 aliphatic carbocycles. The van der Waals surface area contributed by atoms with E-state index in [4.69, 9.17) is 10.9 Å². The number of benzene rings is 1. The number of hydrazine groups is 1. The van der Waals surface area contributed by atoms with Crippen LogP contribution in [0.25, 0.3) is 0 Å². The molecule has 0 saturated carbocycles. The summed E-state index contributed by atoms with van der Waals surface area (Å²) in [5.41, 5.74) is 4.11. The Hall–Kier alpha value is -0.330. The second-order valence-corrected chi connectivity index (χ2v) is 3.35. The third-order valence-corrected chi connectivity index (χ3v) is 2.07. The number of halogens is 1. The molecule has 4 heteroatoms. The lowest BCUT2D eigenvalue weighted by Gasteiger charge is -2.05. The minimum Gasteiger partial charge on any atom is -0.392 e. The van der Waals surface area contributed by atoms with E-state index in [9.17, 15) is 0 Å². The van der Waals surface area contributed by atoms with E-state index in [2.05, 4.69) is 28.0 Å². The lowest BCUT2D eigenvalue weighted by molar-refractivity contribution is 0.282. The normalized spacial score (nSPS) is 9.73. The molecule has 1 aromatic carbocycles. The highest BCUT2D eigenvalue weighted by Gasteiger charge is 1.98. The fourth-order valence-corrected chi connectivity index (χ4v) is 1.31. The predicted octanol–water partition coefficient (Wildman–Crippen LogP) is 1.07. The summed E-state index contributed by atoms with van der Waals surface area (Å²) in [6, 6.07) is 5.65. The largest absolute Gasteiger partial charge is 0.392 e. The molecular weight excluding hydrogens is 255 g/mol. The number of nitrogens with one attached hydrogen (secondary N) is 1. The molecule has 0 saturated heterocycles. The Labute approximate surface area is 78.7 Å².